The van der Waals surface area contributed by atoms with Crippen LogP contribution >= 0.6 is 15.9 Å². The molecule has 0 fully saturated rings. The van der Waals surface area contributed by atoms with Crippen molar-refractivity contribution in [3.63, 3.8) is 0 Å². The molecule has 2 N–H and O–H groups in total. The van der Waals surface area contributed by atoms with Gasteiger partial charge in [-0.2, -0.15) is 0 Å². The third kappa shape index (κ3) is 5.00. The van der Waals surface area contributed by atoms with Crippen LogP contribution in [0.3, 0.4) is 0 Å². The maximum Gasteiger partial charge on any atom is 0.273 e. The molecular formula is C23H27BrF3N3O. The van der Waals surface area contributed by atoms with Gasteiger partial charge in [-0.25, -0.2) is 18.2 Å². The summed E-state index contributed by atoms with van der Waals surface area (Å²) in [5.74, 6) is -2.71. The fraction of sp³-hybridized carbons (Fsp3) is 0.435. The Labute approximate surface area is 189 Å². The van der Waals surface area contributed by atoms with Gasteiger partial charge in [0.05, 0.1) is 23.2 Å². The molecule has 1 heterocycles. The number of benzene rings is 1. The standard InChI is InChI=1S/C23H27BrF3N3O/c1-12-9-10-19(31-5)18(24)11-16-21(12)29-14(3)30-22(16)28-13(2)15-7-6-8-17(20(15)25)23(4,26)27/h6-8,10-14,29H,9H2,1-5H3,(H,28,30)/b18-11+,19-10-/t12?,13-,14?/m1/s1. The molecule has 31 heavy (non-hydrogen) atoms. The van der Waals surface area contributed by atoms with Crippen molar-refractivity contribution in [3.05, 3.63) is 68.8 Å². The van der Waals surface area contributed by atoms with Crippen molar-refractivity contribution in [1.82, 2.24) is 10.6 Å². The van der Waals surface area contributed by atoms with E-state index in [1.54, 1.807) is 14.0 Å². The van der Waals surface area contributed by atoms with Crippen LogP contribution in [-0.4, -0.2) is 19.1 Å². The first kappa shape index (κ1) is 23.4. The molecule has 4 nitrogen and oxygen atoms in total. The number of allylic oxidation sites excluding steroid dienone is 3. The highest BCUT2D eigenvalue weighted by atomic mass is 79.9. The average Bonchev–Trinajstić information content (AvgIpc) is 2.68. The zero-order chi connectivity index (χ0) is 22.9. The molecule has 0 saturated heterocycles. The first-order valence-electron chi connectivity index (χ1n) is 10.2. The minimum atomic E-state index is -3.26. The van der Waals surface area contributed by atoms with E-state index in [0.717, 1.165) is 28.2 Å². The Balaban J connectivity index is 2.00. The molecule has 1 aromatic carbocycles. The van der Waals surface area contributed by atoms with Crippen molar-refractivity contribution in [2.45, 2.75) is 52.2 Å². The number of aliphatic imine (C=N–C) groups is 1. The van der Waals surface area contributed by atoms with Crippen LogP contribution in [0.1, 0.15) is 51.3 Å². The second-order valence-corrected chi connectivity index (χ2v) is 8.84. The third-order valence-corrected chi connectivity index (χ3v) is 6.05. The summed E-state index contributed by atoms with van der Waals surface area (Å²) in [6.45, 7) is 6.46. The minimum Gasteiger partial charge on any atom is -0.496 e. The maximum atomic E-state index is 14.9. The van der Waals surface area contributed by atoms with Crippen molar-refractivity contribution in [2.75, 3.05) is 7.11 Å². The normalized spacial score (nSPS) is 26.2. The molecule has 2 aliphatic rings. The minimum absolute atomic E-state index is 0.162. The number of amidine groups is 1. The van der Waals surface area contributed by atoms with Gasteiger partial charge in [-0.3, -0.25) is 0 Å². The fourth-order valence-electron chi connectivity index (χ4n) is 3.78. The number of hydrogen-bond donors (Lipinski definition) is 2. The molecule has 0 saturated carbocycles. The largest absolute Gasteiger partial charge is 0.496 e. The molecule has 1 aliphatic heterocycles. The predicted molar refractivity (Wildman–Crippen MR) is 120 cm³/mol. The summed E-state index contributed by atoms with van der Waals surface area (Å²) in [6, 6.07) is 3.50. The van der Waals surface area contributed by atoms with Gasteiger partial charge in [0, 0.05) is 29.7 Å². The number of methoxy groups -OCH3 is 1. The van der Waals surface area contributed by atoms with Crippen molar-refractivity contribution in [3.8, 4) is 0 Å². The molecule has 1 aromatic rings. The number of rotatable bonds is 4. The lowest BCUT2D eigenvalue weighted by Crippen LogP contribution is -2.40. The summed E-state index contributed by atoms with van der Waals surface area (Å²) in [7, 11) is 1.61. The van der Waals surface area contributed by atoms with E-state index in [4.69, 9.17) is 4.74 Å². The predicted octanol–water partition coefficient (Wildman–Crippen LogP) is 6.04. The topological polar surface area (TPSA) is 45.6 Å². The summed E-state index contributed by atoms with van der Waals surface area (Å²) in [5.41, 5.74) is 1.38. The number of ether oxygens (including phenoxy) is 1. The summed E-state index contributed by atoms with van der Waals surface area (Å²) in [6.07, 6.45) is 4.50. The number of alkyl halides is 2. The van der Waals surface area contributed by atoms with Gasteiger partial charge in [-0.15, -0.1) is 0 Å². The second kappa shape index (κ2) is 9.10. The Kier molecular flexibility index (Phi) is 6.88. The molecule has 0 spiro atoms. The first-order chi connectivity index (χ1) is 14.5. The molecule has 3 atom stereocenters. The highest BCUT2D eigenvalue weighted by molar-refractivity contribution is 9.12. The van der Waals surface area contributed by atoms with E-state index >= 15 is 0 Å². The lowest BCUT2D eigenvalue weighted by Gasteiger charge is -2.31. The molecule has 0 amide bonds. The highest BCUT2D eigenvalue weighted by Crippen LogP contribution is 2.34. The quantitative estimate of drug-likeness (QED) is 0.532. The van der Waals surface area contributed by atoms with E-state index in [0.29, 0.717) is 18.5 Å². The molecular weight excluding hydrogens is 471 g/mol. The Morgan fingerprint density at radius 3 is 2.68 bits per heavy atom. The lowest BCUT2D eigenvalue weighted by molar-refractivity contribution is 0.0135. The summed E-state index contributed by atoms with van der Waals surface area (Å²) >= 11 is 3.56. The zero-order valence-electron chi connectivity index (χ0n) is 18.2. The second-order valence-electron chi connectivity index (χ2n) is 7.99. The number of nitrogens with zero attached hydrogens (tertiary/aromatic N) is 1. The Bertz CT molecular complexity index is 979. The van der Waals surface area contributed by atoms with Crippen LogP contribution in [-0.2, 0) is 10.7 Å². The monoisotopic (exact) mass is 497 g/mol. The molecule has 0 radical (unpaired) electrons. The van der Waals surface area contributed by atoms with Gasteiger partial charge >= 0.3 is 0 Å². The molecule has 1 aliphatic carbocycles. The van der Waals surface area contributed by atoms with Gasteiger partial charge in [0.2, 0.25) is 0 Å². The smallest absolute Gasteiger partial charge is 0.273 e. The van der Waals surface area contributed by atoms with Crippen molar-refractivity contribution in [1.29, 1.82) is 0 Å². The van der Waals surface area contributed by atoms with E-state index in [1.807, 2.05) is 19.1 Å². The van der Waals surface area contributed by atoms with Crippen LogP contribution < -0.4 is 10.6 Å². The number of hydrogen-bond acceptors (Lipinski definition) is 4. The van der Waals surface area contributed by atoms with Crippen LogP contribution in [0.15, 0.2) is 56.9 Å². The highest BCUT2D eigenvalue weighted by Gasteiger charge is 2.31. The number of halogens is 4. The summed E-state index contributed by atoms with van der Waals surface area (Å²) in [4.78, 5) is 4.67. The molecule has 0 bridgehead atoms. The Morgan fingerprint density at radius 1 is 1.32 bits per heavy atom. The van der Waals surface area contributed by atoms with Gasteiger partial charge in [0.15, 0.2) is 0 Å². The zero-order valence-corrected chi connectivity index (χ0v) is 19.8. The van der Waals surface area contributed by atoms with Gasteiger partial charge in [0.1, 0.15) is 23.6 Å². The van der Waals surface area contributed by atoms with Crippen LogP contribution in [0.5, 0.6) is 0 Å². The van der Waals surface area contributed by atoms with Gasteiger partial charge in [0.25, 0.3) is 5.92 Å². The first-order valence-corrected chi connectivity index (χ1v) is 11.0. The Morgan fingerprint density at radius 2 is 2.03 bits per heavy atom. The molecule has 0 aromatic heterocycles. The van der Waals surface area contributed by atoms with Crippen molar-refractivity contribution < 1.29 is 17.9 Å². The van der Waals surface area contributed by atoms with E-state index in [9.17, 15) is 13.2 Å². The fourth-order valence-corrected chi connectivity index (χ4v) is 4.33. The van der Waals surface area contributed by atoms with E-state index < -0.39 is 23.3 Å². The number of nitrogens with one attached hydrogen (secondary N) is 2. The van der Waals surface area contributed by atoms with Gasteiger partial charge in [-0.1, -0.05) is 25.1 Å². The molecule has 2 unspecified atom stereocenters. The van der Waals surface area contributed by atoms with Gasteiger partial charge < -0.3 is 15.4 Å². The average molecular weight is 498 g/mol. The van der Waals surface area contributed by atoms with Crippen LogP contribution in [0, 0.1) is 11.7 Å². The van der Waals surface area contributed by atoms with Crippen LogP contribution in [0.2, 0.25) is 0 Å². The summed E-state index contributed by atoms with van der Waals surface area (Å²) < 4.78 is 48.7. The van der Waals surface area contributed by atoms with E-state index in [1.165, 1.54) is 12.1 Å². The molecule has 3 rings (SSSR count). The summed E-state index contributed by atoms with van der Waals surface area (Å²) in [5, 5.41) is 6.66. The van der Waals surface area contributed by atoms with Gasteiger partial charge in [-0.05, 0) is 48.4 Å². The third-order valence-electron chi connectivity index (χ3n) is 5.43. The SMILES string of the molecule is COC1=C\CC(C)C2=C(/C=C\1Br)C(N[C@H](C)c1cccc(C(C)(F)F)c1F)=NC(C)N2. The molecule has 8 heteroatoms. The van der Waals surface area contributed by atoms with Crippen molar-refractivity contribution in [2.24, 2.45) is 10.9 Å². The van der Waals surface area contributed by atoms with E-state index in [-0.39, 0.29) is 17.6 Å². The maximum absolute atomic E-state index is 14.9. The van der Waals surface area contributed by atoms with Crippen molar-refractivity contribution >= 4 is 21.8 Å². The lowest BCUT2D eigenvalue weighted by atomic mass is 9.93. The van der Waals surface area contributed by atoms with E-state index in [2.05, 4.69) is 38.5 Å². The van der Waals surface area contributed by atoms with Crippen LogP contribution in [0.25, 0.3) is 0 Å². The Hall–Kier alpha value is -2.22. The molecule has 168 valence electrons. The van der Waals surface area contributed by atoms with Crippen LogP contribution in [0.4, 0.5) is 13.2 Å².